The summed E-state index contributed by atoms with van der Waals surface area (Å²) in [6.07, 6.45) is 23.0. The van der Waals surface area contributed by atoms with Crippen molar-refractivity contribution in [3.63, 3.8) is 0 Å². The predicted octanol–water partition coefficient (Wildman–Crippen LogP) is 8.12. The molecule has 0 aromatic heterocycles. The minimum Gasteiger partial charge on any atom is -0.385 e. The Hall–Kier alpha value is -1.75. The van der Waals surface area contributed by atoms with Crippen molar-refractivity contribution in [1.82, 2.24) is 0 Å². The number of anilines is 1. The van der Waals surface area contributed by atoms with Gasteiger partial charge in [-0.15, -0.1) is 0 Å². The van der Waals surface area contributed by atoms with Crippen LogP contribution in [0.1, 0.15) is 102 Å². The lowest BCUT2D eigenvalue weighted by atomic mass is 10.0. The summed E-state index contributed by atoms with van der Waals surface area (Å²) >= 11 is 0. The number of nitrogens with zero attached hydrogens (tertiary/aromatic N) is 1. The number of benzene rings is 1. The second-order valence-electron chi connectivity index (χ2n) is 7.61. The van der Waals surface area contributed by atoms with Crippen molar-refractivity contribution in [1.29, 1.82) is 5.26 Å². The van der Waals surface area contributed by atoms with E-state index in [1.54, 1.807) is 0 Å². The Morgan fingerprint density at radius 2 is 1.22 bits per heavy atom. The van der Waals surface area contributed by atoms with Gasteiger partial charge in [0.25, 0.3) is 0 Å². The summed E-state index contributed by atoms with van der Waals surface area (Å²) in [7, 11) is 0. The second kappa shape index (κ2) is 17.7. The third-order valence-electron chi connectivity index (χ3n) is 5.12. The van der Waals surface area contributed by atoms with Crippen LogP contribution in [0.4, 0.5) is 5.69 Å². The highest BCUT2D eigenvalue weighted by atomic mass is 14.9. The maximum absolute atomic E-state index is 8.54. The van der Waals surface area contributed by atoms with Gasteiger partial charge in [0.05, 0.1) is 6.07 Å². The highest BCUT2D eigenvalue weighted by Gasteiger charge is 1.95. The smallest absolute Gasteiger partial charge is 0.0912 e. The molecule has 27 heavy (non-hydrogen) atoms. The Bertz CT molecular complexity index is 510. The summed E-state index contributed by atoms with van der Waals surface area (Å²) in [6.45, 7) is 3.33. The molecule has 1 aromatic carbocycles. The van der Waals surface area contributed by atoms with Crippen LogP contribution in [-0.4, -0.2) is 6.54 Å². The van der Waals surface area contributed by atoms with Gasteiger partial charge in [-0.25, -0.2) is 0 Å². The second-order valence-corrected chi connectivity index (χ2v) is 7.61. The zero-order chi connectivity index (χ0) is 19.4. The van der Waals surface area contributed by atoms with Gasteiger partial charge in [-0.1, -0.05) is 103 Å². The quantitative estimate of drug-likeness (QED) is 0.222. The van der Waals surface area contributed by atoms with Crippen molar-refractivity contribution in [2.75, 3.05) is 11.9 Å². The van der Waals surface area contributed by atoms with E-state index < -0.39 is 0 Å². The fraction of sp³-hybridized carbons (Fsp3) is 0.640. The van der Waals surface area contributed by atoms with E-state index in [1.165, 1.54) is 102 Å². The lowest BCUT2D eigenvalue weighted by Gasteiger charge is -2.07. The fourth-order valence-corrected chi connectivity index (χ4v) is 3.40. The van der Waals surface area contributed by atoms with E-state index in [4.69, 9.17) is 5.26 Å². The van der Waals surface area contributed by atoms with Crippen LogP contribution < -0.4 is 5.32 Å². The first kappa shape index (κ1) is 23.3. The molecule has 2 nitrogen and oxygen atoms in total. The average molecular weight is 369 g/mol. The van der Waals surface area contributed by atoms with Crippen LogP contribution in [0.15, 0.2) is 30.3 Å². The van der Waals surface area contributed by atoms with E-state index in [1.807, 2.05) is 24.3 Å². The van der Waals surface area contributed by atoms with Crippen LogP contribution in [0.2, 0.25) is 0 Å². The van der Waals surface area contributed by atoms with Gasteiger partial charge in [0.2, 0.25) is 0 Å². The Balaban J connectivity index is 1.85. The molecule has 0 radical (unpaired) electrons. The number of rotatable bonds is 17. The molecule has 0 aliphatic rings. The van der Waals surface area contributed by atoms with Crippen molar-refractivity contribution >= 4 is 11.8 Å². The molecule has 0 aliphatic heterocycles. The third kappa shape index (κ3) is 14.0. The van der Waals surface area contributed by atoms with Crippen molar-refractivity contribution in [2.24, 2.45) is 0 Å². The Kier molecular flexibility index (Phi) is 15.2. The van der Waals surface area contributed by atoms with Gasteiger partial charge >= 0.3 is 0 Å². The van der Waals surface area contributed by atoms with Crippen molar-refractivity contribution < 1.29 is 0 Å². The van der Waals surface area contributed by atoms with Crippen LogP contribution in [0.5, 0.6) is 0 Å². The standard InChI is InChI=1S/C25H40N2/c1-2-3-4-5-6-7-8-9-10-11-12-13-14-15-23-27-25-20-18-24(19-21-25)17-16-22-26/h16-21,27H,2-15,23H2,1H3/b17-16+. The molecule has 0 heterocycles. The highest BCUT2D eigenvalue weighted by Crippen LogP contribution is 2.14. The molecule has 0 saturated carbocycles. The van der Waals surface area contributed by atoms with E-state index in [0.717, 1.165) is 12.1 Å². The number of nitriles is 1. The minimum atomic E-state index is 1.05. The summed E-state index contributed by atoms with van der Waals surface area (Å²) in [5.41, 5.74) is 2.23. The van der Waals surface area contributed by atoms with Gasteiger partial charge in [0.1, 0.15) is 0 Å². The molecular weight excluding hydrogens is 328 g/mol. The molecule has 2 heteroatoms. The first-order chi connectivity index (χ1) is 13.4. The summed E-state index contributed by atoms with van der Waals surface area (Å²) in [5, 5.41) is 12.0. The van der Waals surface area contributed by atoms with Gasteiger partial charge < -0.3 is 5.32 Å². The van der Waals surface area contributed by atoms with Gasteiger partial charge in [0, 0.05) is 18.3 Å². The lowest BCUT2D eigenvalue weighted by Crippen LogP contribution is -2.01. The number of nitrogens with one attached hydrogen (secondary N) is 1. The molecule has 1 aromatic rings. The average Bonchev–Trinajstić information content (AvgIpc) is 2.70. The number of allylic oxidation sites excluding steroid dienone is 1. The number of unbranched alkanes of at least 4 members (excludes halogenated alkanes) is 13. The molecule has 0 spiro atoms. The summed E-state index contributed by atoms with van der Waals surface area (Å²) in [4.78, 5) is 0. The number of hydrogen-bond acceptors (Lipinski definition) is 2. The first-order valence-electron chi connectivity index (χ1n) is 11.3. The van der Waals surface area contributed by atoms with Gasteiger partial charge in [-0.3, -0.25) is 0 Å². The third-order valence-corrected chi connectivity index (χ3v) is 5.12. The van der Waals surface area contributed by atoms with Gasteiger partial charge in [-0.05, 0) is 30.2 Å². The normalized spacial score (nSPS) is 11.0. The Morgan fingerprint density at radius 1 is 0.741 bits per heavy atom. The maximum atomic E-state index is 8.54. The molecule has 150 valence electrons. The van der Waals surface area contributed by atoms with Crippen LogP contribution in [-0.2, 0) is 0 Å². The Labute approximate surface area is 168 Å². The Morgan fingerprint density at radius 3 is 1.70 bits per heavy atom. The molecule has 0 fully saturated rings. The van der Waals surface area contributed by atoms with Crippen molar-refractivity contribution in [3.05, 3.63) is 35.9 Å². The molecule has 0 aliphatic carbocycles. The van der Waals surface area contributed by atoms with Crippen molar-refractivity contribution in [2.45, 2.75) is 96.8 Å². The van der Waals surface area contributed by atoms with E-state index in [0.29, 0.717) is 0 Å². The summed E-state index contributed by atoms with van der Waals surface area (Å²) in [5.74, 6) is 0. The zero-order valence-corrected chi connectivity index (χ0v) is 17.5. The van der Waals surface area contributed by atoms with Gasteiger partial charge in [0.15, 0.2) is 0 Å². The minimum absolute atomic E-state index is 1.05. The summed E-state index contributed by atoms with van der Waals surface area (Å²) < 4.78 is 0. The molecule has 0 unspecified atom stereocenters. The van der Waals surface area contributed by atoms with Crippen LogP contribution in [0, 0.1) is 11.3 Å². The molecule has 0 atom stereocenters. The van der Waals surface area contributed by atoms with E-state index in [9.17, 15) is 0 Å². The molecule has 0 amide bonds. The molecule has 1 rings (SSSR count). The first-order valence-corrected chi connectivity index (χ1v) is 11.3. The lowest BCUT2D eigenvalue weighted by molar-refractivity contribution is 0.537. The van der Waals surface area contributed by atoms with Gasteiger partial charge in [-0.2, -0.15) is 5.26 Å². The van der Waals surface area contributed by atoms with Crippen LogP contribution in [0.3, 0.4) is 0 Å². The van der Waals surface area contributed by atoms with Crippen LogP contribution in [0.25, 0.3) is 6.08 Å². The highest BCUT2D eigenvalue weighted by molar-refractivity contribution is 5.56. The topological polar surface area (TPSA) is 35.8 Å². The largest absolute Gasteiger partial charge is 0.385 e. The number of hydrogen-bond donors (Lipinski definition) is 1. The van der Waals surface area contributed by atoms with E-state index in [-0.39, 0.29) is 0 Å². The zero-order valence-electron chi connectivity index (χ0n) is 17.5. The van der Waals surface area contributed by atoms with E-state index in [2.05, 4.69) is 24.4 Å². The van der Waals surface area contributed by atoms with Crippen LogP contribution >= 0.6 is 0 Å². The predicted molar refractivity (Wildman–Crippen MR) is 120 cm³/mol. The molecule has 0 bridgehead atoms. The fourth-order valence-electron chi connectivity index (χ4n) is 3.40. The maximum Gasteiger partial charge on any atom is 0.0912 e. The van der Waals surface area contributed by atoms with Crippen molar-refractivity contribution in [3.8, 4) is 6.07 Å². The monoisotopic (exact) mass is 368 g/mol. The molecular formula is C25H40N2. The van der Waals surface area contributed by atoms with E-state index >= 15 is 0 Å². The molecule has 1 N–H and O–H groups in total. The SMILES string of the molecule is CCCCCCCCCCCCCCCCNc1ccc(/C=C/C#N)cc1. The summed E-state index contributed by atoms with van der Waals surface area (Å²) in [6, 6.07) is 10.3. The molecule has 0 saturated heterocycles.